The summed E-state index contributed by atoms with van der Waals surface area (Å²) in [5, 5.41) is 11.1. The van der Waals surface area contributed by atoms with Gasteiger partial charge in [0.25, 0.3) is 5.91 Å². The third-order valence-electron chi connectivity index (χ3n) is 10.9. The number of hydrogen-bond donors (Lipinski definition) is 2. The van der Waals surface area contributed by atoms with Gasteiger partial charge in [0.2, 0.25) is 0 Å². The molecule has 36 heavy (non-hydrogen) atoms. The Morgan fingerprint density at radius 1 is 1.06 bits per heavy atom. The third-order valence-corrected chi connectivity index (χ3v) is 10.9. The first kappa shape index (κ1) is 27.3. The number of aliphatic hydroxyl groups is 1. The number of hydrogen-bond acceptors (Lipinski definition) is 6. The summed E-state index contributed by atoms with van der Waals surface area (Å²) in [6.07, 6.45) is 12.2. The molecule has 7 nitrogen and oxygen atoms in total. The minimum absolute atomic E-state index is 0.0361. The lowest BCUT2D eigenvalue weighted by Crippen LogP contribution is -2.56. The number of likely N-dealkylation sites (N-methyl/N-ethyl adjacent to an activating group) is 1. The van der Waals surface area contributed by atoms with E-state index in [9.17, 15) is 14.7 Å². The van der Waals surface area contributed by atoms with Gasteiger partial charge in [0.1, 0.15) is 0 Å². The number of carbonyl (C=O) groups excluding carboxylic acids is 2. The summed E-state index contributed by atoms with van der Waals surface area (Å²) in [6, 6.07) is 0. The van der Waals surface area contributed by atoms with Crippen molar-refractivity contribution in [3.63, 3.8) is 0 Å². The number of nitrogens with two attached hydrogens (primary N) is 1. The Balaban J connectivity index is 1.43. The van der Waals surface area contributed by atoms with Gasteiger partial charge in [-0.05, 0) is 92.3 Å². The van der Waals surface area contributed by atoms with E-state index in [0.29, 0.717) is 35.9 Å². The number of aliphatic imine (C=N–C) groups is 1. The van der Waals surface area contributed by atoms with Crippen molar-refractivity contribution < 1.29 is 19.4 Å². The molecule has 8 unspecified atom stereocenters. The Morgan fingerprint density at radius 2 is 1.78 bits per heavy atom. The molecule has 4 aliphatic rings. The average molecular weight is 502 g/mol. The Morgan fingerprint density at radius 3 is 2.44 bits per heavy atom. The molecule has 0 heterocycles. The predicted octanol–water partition coefficient (Wildman–Crippen LogP) is 3.59. The summed E-state index contributed by atoms with van der Waals surface area (Å²) in [5.74, 6) is 2.52. The molecule has 4 rings (SSSR count). The van der Waals surface area contributed by atoms with Gasteiger partial charge >= 0.3 is 0 Å². The predicted molar refractivity (Wildman–Crippen MR) is 141 cm³/mol. The molecular weight excluding hydrogens is 454 g/mol. The highest BCUT2D eigenvalue weighted by molar-refractivity contribution is 6.12. The number of amides is 1. The topological polar surface area (TPSA) is 105 Å². The van der Waals surface area contributed by atoms with Crippen LogP contribution in [-0.2, 0) is 14.3 Å². The fraction of sp³-hybridized carbons (Fsp3) is 0.828. The van der Waals surface area contributed by atoms with Crippen molar-refractivity contribution in [3.05, 3.63) is 11.8 Å². The highest BCUT2D eigenvalue weighted by Crippen LogP contribution is 2.68. The van der Waals surface area contributed by atoms with E-state index in [4.69, 9.17) is 10.5 Å². The number of rotatable bonds is 7. The zero-order chi connectivity index (χ0) is 26.3. The molecule has 3 N–H and O–H groups in total. The van der Waals surface area contributed by atoms with Gasteiger partial charge in [-0.3, -0.25) is 14.6 Å². The molecule has 0 saturated heterocycles. The molecule has 0 bridgehead atoms. The molecule has 7 heteroatoms. The molecule has 0 spiro atoms. The molecule has 8 atom stereocenters. The molecule has 0 radical (unpaired) electrons. The molecule has 202 valence electrons. The molecule has 0 aliphatic heterocycles. The maximum atomic E-state index is 13.4. The van der Waals surface area contributed by atoms with Crippen LogP contribution in [0.3, 0.4) is 0 Å². The van der Waals surface area contributed by atoms with Crippen LogP contribution in [0, 0.1) is 40.4 Å². The summed E-state index contributed by atoms with van der Waals surface area (Å²) >= 11 is 0. The van der Waals surface area contributed by atoms with Crippen LogP contribution in [0.4, 0.5) is 0 Å². The fourth-order valence-electron chi connectivity index (χ4n) is 9.02. The zero-order valence-electron chi connectivity index (χ0n) is 23.0. The molecule has 4 saturated carbocycles. The normalized spacial score (nSPS) is 42.5. The van der Waals surface area contributed by atoms with Crippen LogP contribution in [-0.4, -0.2) is 67.9 Å². The van der Waals surface area contributed by atoms with Crippen LogP contribution < -0.4 is 5.73 Å². The van der Waals surface area contributed by atoms with Crippen molar-refractivity contribution in [2.24, 2.45) is 51.1 Å². The monoisotopic (exact) mass is 501 g/mol. The van der Waals surface area contributed by atoms with E-state index < -0.39 is 5.60 Å². The van der Waals surface area contributed by atoms with Gasteiger partial charge in [0.05, 0.1) is 24.3 Å². The number of nitrogens with zero attached hydrogens (tertiary/aromatic N) is 2. The molecule has 0 aromatic rings. The standard InChI is InChI=1S/C29H47N3O4/c1-27-12-13-29(35,18-36-5)14-20(27)6-7-21-22-8-9-24(28(22,2)11-10-23(21)27)25(33)17-31-16-19(15-30)26(34)32(3)4/h15-16,20-24,35H,6-14,17-18,30H2,1-5H3. The van der Waals surface area contributed by atoms with Crippen LogP contribution in [0.15, 0.2) is 16.8 Å². The largest absolute Gasteiger partial charge is 0.404 e. The van der Waals surface area contributed by atoms with Crippen LogP contribution in [0.25, 0.3) is 0 Å². The molecule has 0 aromatic carbocycles. The summed E-state index contributed by atoms with van der Waals surface area (Å²) < 4.78 is 5.36. The quantitative estimate of drug-likeness (QED) is 0.410. The first-order valence-electron chi connectivity index (χ1n) is 13.9. The molecule has 0 aromatic heterocycles. The van der Waals surface area contributed by atoms with E-state index in [1.807, 2.05) is 0 Å². The second-order valence-corrected chi connectivity index (χ2v) is 13.0. The van der Waals surface area contributed by atoms with Gasteiger partial charge in [0, 0.05) is 39.5 Å². The lowest BCUT2D eigenvalue weighted by atomic mass is 9.44. The van der Waals surface area contributed by atoms with Gasteiger partial charge < -0.3 is 20.5 Å². The van der Waals surface area contributed by atoms with Crippen LogP contribution in [0.2, 0.25) is 0 Å². The minimum atomic E-state index is -0.670. The number of ether oxygens (including phenoxy) is 1. The van der Waals surface area contributed by atoms with E-state index in [2.05, 4.69) is 18.8 Å². The van der Waals surface area contributed by atoms with Gasteiger partial charge in [-0.15, -0.1) is 0 Å². The van der Waals surface area contributed by atoms with E-state index in [0.717, 1.165) is 38.5 Å². The molecule has 4 aliphatic carbocycles. The highest BCUT2D eigenvalue weighted by atomic mass is 16.5. The van der Waals surface area contributed by atoms with Crippen molar-refractivity contribution in [2.45, 2.75) is 77.2 Å². The molecular formula is C29H47N3O4. The number of carbonyl (C=O) groups is 2. The first-order chi connectivity index (χ1) is 17.0. The van der Waals surface area contributed by atoms with E-state index in [-0.39, 0.29) is 35.0 Å². The Kier molecular flexibility index (Phi) is 7.74. The number of Topliss-reactive ketones (excluding diaryl/α,β-unsaturated/α-hetero) is 1. The summed E-state index contributed by atoms with van der Waals surface area (Å²) in [5.41, 5.74) is 5.55. The fourth-order valence-corrected chi connectivity index (χ4v) is 9.02. The van der Waals surface area contributed by atoms with Gasteiger partial charge in [0.15, 0.2) is 5.78 Å². The van der Waals surface area contributed by atoms with E-state index in [1.54, 1.807) is 21.2 Å². The summed E-state index contributed by atoms with van der Waals surface area (Å²) in [4.78, 5) is 31.3. The number of ketones is 1. The molecule has 1 amide bonds. The zero-order valence-corrected chi connectivity index (χ0v) is 23.0. The minimum Gasteiger partial charge on any atom is -0.404 e. The SMILES string of the molecule is COCC1(O)CCC2(C)C(CCC3C2CCC2(C)C(C(=O)CN=CC(=CN)C(=O)N(C)C)CCC32)C1. The van der Waals surface area contributed by atoms with E-state index >= 15 is 0 Å². The maximum Gasteiger partial charge on any atom is 0.256 e. The van der Waals surface area contributed by atoms with Gasteiger partial charge in [-0.25, -0.2) is 0 Å². The van der Waals surface area contributed by atoms with Gasteiger partial charge in [-0.1, -0.05) is 13.8 Å². The highest BCUT2D eigenvalue weighted by Gasteiger charge is 2.62. The second-order valence-electron chi connectivity index (χ2n) is 13.0. The first-order valence-corrected chi connectivity index (χ1v) is 13.9. The summed E-state index contributed by atoms with van der Waals surface area (Å²) in [7, 11) is 5.02. The third kappa shape index (κ3) is 4.66. The lowest BCUT2D eigenvalue weighted by molar-refractivity contribution is -0.164. The van der Waals surface area contributed by atoms with Crippen molar-refractivity contribution >= 4 is 17.9 Å². The lowest BCUT2D eigenvalue weighted by Gasteiger charge is -2.62. The van der Waals surface area contributed by atoms with Crippen molar-refractivity contribution in [3.8, 4) is 0 Å². The van der Waals surface area contributed by atoms with Crippen molar-refractivity contribution in [1.82, 2.24) is 4.90 Å². The Bertz CT molecular complexity index is 916. The van der Waals surface area contributed by atoms with Gasteiger partial charge in [-0.2, -0.15) is 0 Å². The Hall–Kier alpha value is -1.73. The van der Waals surface area contributed by atoms with Crippen LogP contribution in [0.5, 0.6) is 0 Å². The van der Waals surface area contributed by atoms with Crippen molar-refractivity contribution in [1.29, 1.82) is 0 Å². The smallest absolute Gasteiger partial charge is 0.256 e. The second kappa shape index (κ2) is 10.2. The van der Waals surface area contributed by atoms with E-state index in [1.165, 1.54) is 36.6 Å². The summed E-state index contributed by atoms with van der Waals surface area (Å²) in [6.45, 7) is 5.40. The van der Waals surface area contributed by atoms with Crippen LogP contribution in [0.1, 0.15) is 71.6 Å². The average Bonchev–Trinajstić information content (AvgIpc) is 3.19. The number of methoxy groups -OCH3 is 1. The number of fused-ring (bicyclic) bond motifs is 5. The Labute approximate surface area is 216 Å². The molecule has 4 fully saturated rings. The van der Waals surface area contributed by atoms with Crippen LogP contribution >= 0.6 is 0 Å². The maximum absolute atomic E-state index is 13.4. The van der Waals surface area contributed by atoms with Crippen molar-refractivity contribution in [2.75, 3.05) is 34.4 Å².